The zero-order valence-corrected chi connectivity index (χ0v) is 24.0. The largest absolute Gasteiger partial charge is 0.463 e. The van der Waals surface area contributed by atoms with Gasteiger partial charge in [0.1, 0.15) is 11.5 Å². The minimum Gasteiger partial charge on any atom is -0.463 e. The Morgan fingerprint density at radius 3 is 2.47 bits per heavy atom. The number of aromatic nitrogens is 1. The summed E-state index contributed by atoms with van der Waals surface area (Å²) in [5.41, 5.74) is 2.95. The first-order valence-electron chi connectivity index (χ1n) is 13.5. The third-order valence-corrected chi connectivity index (χ3v) is 8.06. The number of hydrogen-bond donors (Lipinski definition) is 0. The second kappa shape index (κ2) is 11.5. The van der Waals surface area contributed by atoms with Crippen LogP contribution in [0.1, 0.15) is 35.4 Å². The van der Waals surface area contributed by atoms with Crippen LogP contribution >= 0.6 is 11.3 Å². The summed E-state index contributed by atoms with van der Waals surface area (Å²) in [5.74, 6) is 0.281. The van der Waals surface area contributed by atoms with Crippen molar-refractivity contribution in [2.75, 3.05) is 6.61 Å². The van der Waals surface area contributed by atoms with Gasteiger partial charge in [-0.3, -0.25) is 19.5 Å². The van der Waals surface area contributed by atoms with Crippen LogP contribution in [-0.4, -0.2) is 22.1 Å². The third kappa shape index (κ3) is 5.24. The molecule has 3 aromatic carbocycles. The smallest absolute Gasteiger partial charge is 0.338 e. The number of aryl methyl sites for hydroxylation is 1. The number of carbonyl (C=O) groups is 1. The summed E-state index contributed by atoms with van der Waals surface area (Å²) in [4.78, 5) is 43.7. The molecule has 0 fully saturated rings. The molecule has 1 atom stereocenters. The molecule has 214 valence electrons. The van der Waals surface area contributed by atoms with E-state index >= 15 is 0 Å². The number of nitro benzene ring substituents is 1. The number of fused-ring (bicyclic) bond motifs is 1. The number of benzene rings is 3. The van der Waals surface area contributed by atoms with Crippen molar-refractivity contribution in [1.82, 2.24) is 4.57 Å². The van der Waals surface area contributed by atoms with Crippen LogP contribution < -0.4 is 14.9 Å². The topological polar surface area (TPSA) is 117 Å². The van der Waals surface area contributed by atoms with Crippen molar-refractivity contribution < 1.29 is 18.9 Å². The molecule has 0 bridgehead atoms. The predicted octanol–water partition coefficient (Wildman–Crippen LogP) is 5.41. The number of furan rings is 1. The van der Waals surface area contributed by atoms with Gasteiger partial charge in [-0.05, 0) is 31.5 Å². The Morgan fingerprint density at radius 2 is 1.77 bits per heavy atom. The SMILES string of the molecule is CCOC(=O)C1=C(c2ccccc2)N=c2s/c(=C\c3ccc(-c4ccc(C)c([N+](=O)[O-])c4)o3)c(=O)n2C1c1ccccc1. The van der Waals surface area contributed by atoms with Gasteiger partial charge in [-0.2, -0.15) is 0 Å². The van der Waals surface area contributed by atoms with Crippen LogP contribution in [0, 0.1) is 17.0 Å². The highest BCUT2D eigenvalue weighted by molar-refractivity contribution is 7.07. The van der Waals surface area contributed by atoms with Crippen LogP contribution in [0.25, 0.3) is 23.1 Å². The molecule has 6 rings (SSSR count). The summed E-state index contributed by atoms with van der Waals surface area (Å²) in [7, 11) is 0. The summed E-state index contributed by atoms with van der Waals surface area (Å²) in [5, 5.41) is 11.4. The van der Waals surface area contributed by atoms with Crippen LogP contribution in [0.4, 0.5) is 5.69 Å². The molecule has 1 unspecified atom stereocenters. The van der Waals surface area contributed by atoms with E-state index in [-0.39, 0.29) is 23.4 Å². The van der Waals surface area contributed by atoms with Gasteiger partial charge in [0.2, 0.25) is 0 Å². The molecular formula is C33H25N3O6S. The monoisotopic (exact) mass is 591 g/mol. The molecule has 0 spiro atoms. The summed E-state index contributed by atoms with van der Waals surface area (Å²) >= 11 is 1.19. The predicted molar refractivity (Wildman–Crippen MR) is 163 cm³/mol. The molecule has 3 heterocycles. The Hall–Kier alpha value is -5.35. The number of hydrogen-bond acceptors (Lipinski definition) is 8. The molecule has 9 nitrogen and oxygen atoms in total. The molecule has 1 aliphatic heterocycles. The maximum Gasteiger partial charge on any atom is 0.338 e. The lowest BCUT2D eigenvalue weighted by Crippen LogP contribution is -2.39. The van der Waals surface area contributed by atoms with Crippen molar-refractivity contribution in [3.63, 3.8) is 0 Å². The standard InChI is InChI=1S/C33H25N3O6S/c1-3-41-32(38)28-29(21-10-6-4-7-11-21)34-33-35(30(28)22-12-8-5-9-13-22)31(37)27(43-33)19-24-16-17-26(42-24)23-15-14-20(2)25(18-23)36(39)40/h4-19,30H,3H2,1-2H3/b27-19-. The van der Waals surface area contributed by atoms with E-state index in [1.165, 1.54) is 22.0 Å². The maximum absolute atomic E-state index is 14.0. The Labute approximate surface area is 249 Å². The molecule has 0 N–H and O–H groups in total. The first-order chi connectivity index (χ1) is 20.9. The van der Waals surface area contributed by atoms with E-state index in [4.69, 9.17) is 14.1 Å². The second-order valence-electron chi connectivity index (χ2n) is 9.80. The summed E-state index contributed by atoms with van der Waals surface area (Å²) in [6.07, 6.45) is 1.62. The van der Waals surface area contributed by atoms with E-state index in [0.717, 1.165) is 11.1 Å². The lowest BCUT2D eigenvalue weighted by atomic mass is 9.93. The van der Waals surface area contributed by atoms with Gasteiger partial charge in [-0.1, -0.05) is 84.1 Å². The zero-order chi connectivity index (χ0) is 30.1. The fourth-order valence-electron chi connectivity index (χ4n) is 5.07. The van der Waals surface area contributed by atoms with Gasteiger partial charge >= 0.3 is 5.97 Å². The molecule has 43 heavy (non-hydrogen) atoms. The van der Waals surface area contributed by atoms with E-state index in [1.807, 2.05) is 60.7 Å². The van der Waals surface area contributed by atoms with Gasteiger partial charge < -0.3 is 9.15 Å². The highest BCUT2D eigenvalue weighted by Gasteiger charge is 2.35. The summed E-state index contributed by atoms with van der Waals surface area (Å²) < 4.78 is 13.4. The lowest BCUT2D eigenvalue weighted by Gasteiger charge is -2.25. The lowest BCUT2D eigenvalue weighted by molar-refractivity contribution is -0.385. The normalized spacial score (nSPS) is 14.7. The van der Waals surface area contributed by atoms with Gasteiger partial charge in [0, 0.05) is 28.8 Å². The first-order valence-corrected chi connectivity index (χ1v) is 14.4. The molecule has 0 radical (unpaired) electrons. The van der Waals surface area contributed by atoms with Gasteiger partial charge in [-0.15, -0.1) is 0 Å². The summed E-state index contributed by atoms with van der Waals surface area (Å²) in [6.45, 7) is 3.58. The highest BCUT2D eigenvalue weighted by atomic mass is 32.1. The fourth-order valence-corrected chi connectivity index (χ4v) is 6.05. The van der Waals surface area contributed by atoms with Crippen molar-refractivity contribution in [2.24, 2.45) is 4.99 Å². The Bertz CT molecular complexity index is 2070. The fraction of sp³-hybridized carbons (Fsp3) is 0.121. The molecule has 0 saturated carbocycles. The average Bonchev–Trinajstić information content (AvgIpc) is 3.61. The minimum atomic E-state index is -0.769. The highest BCUT2D eigenvalue weighted by Crippen LogP contribution is 2.35. The van der Waals surface area contributed by atoms with Crippen LogP contribution in [0.2, 0.25) is 0 Å². The second-order valence-corrected chi connectivity index (χ2v) is 10.8. The quantitative estimate of drug-likeness (QED) is 0.142. The molecule has 2 aromatic heterocycles. The Balaban J connectivity index is 1.52. The number of nitrogens with zero attached hydrogens (tertiary/aromatic N) is 3. The van der Waals surface area contributed by atoms with Crippen LogP contribution in [0.15, 0.2) is 111 Å². The van der Waals surface area contributed by atoms with Gasteiger partial charge in [0.05, 0.1) is 33.4 Å². The van der Waals surface area contributed by atoms with Crippen LogP contribution in [-0.2, 0) is 9.53 Å². The molecule has 0 saturated heterocycles. The zero-order valence-electron chi connectivity index (χ0n) is 23.2. The van der Waals surface area contributed by atoms with E-state index in [0.29, 0.717) is 37.7 Å². The van der Waals surface area contributed by atoms with Crippen molar-refractivity contribution in [2.45, 2.75) is 19.9 Å². The number of thiazole rings is 1. The van der Waals surface area contributed by atoms with Gasteiger partial charge in [0.15, 0.2) is 4.80 Å². The molecule has 10 heteroatoms. The Kier molecular flexibility index (Phi) is 7.43. The molecule has 5 aromatic rings. The van der Waals surface area contributed by atoms with Crippen molar-refractivity contribution in [1.29, 1.82) is 0 Å². The van der Waals surface area contributed by atoms with Crippen molar-refractivity contribution >= 4 is 34.8 Å². The number of esters is 1. The van der Waals surface area contributed by atoms with Crippen molar-refractivity contribution in [3.8, 4) is 11.3 Å². The number of rotatable bonds is 7. The number of carbonyl (C=O) groups excluding carboxylic acids is 1. The molecular weight excluding hydrogens is 566 g/mol. The van der Waals surface area contributed by atoms with E-state index in [1.54, 1.807) is 44.2 Å². The maximum atomic E-state index is 14.0. The number of ether oxygens (including phenoxy) is 1. The van der Waals surface area contributed by atoms with E-state index in [9.17, 15) is 19.7 Å². The van der Waals surface area contributed by atoms with Gasteiger partial charge in [0.25, 0.3) is 11.2 Å². The van der Waals surface area contributed by atoms with Gasteiger partial charge in [-0.25, -0.2) is 9.79 Å². The summed E-state index contributed by atoms with van der Waals surface area (Å²) in [6, 6.07) is 26.2. The minimum absolute atomic E-state index is 0.00343. The molecule has 1 aliphatic rings. The molecule has 0 amide bonds. The van der Waals surface area contributed by atoms with E-state index in [2.05, 4.69) is 0 Å². The van der Waals surface area contributed by atoms with Crippen LogP contribution in [0.5, 0.6) is 0 Å². The average molecular weight is 592 g/mol. The van der Waals surface area contributed by atoms with Crippen molar-refractivity contribution in [3.05, 3.63) is 149 Å². The molecule has 0 aliphatic carbocycles. The van der Waals surface area contributed by atoms with E-state index < -0.39 is 16.9 Å². The number of nitro groups is 1. The third-order valence-electron chi connectivity index (χ3n) is 7.08. The Morgan fingerprint density at radius 1 is 1.05 bits per heavy atom. The first kappa shape index (κ1) is 27.8. The van der Waals surface area contributed by atoms with Crippen LogP contribution in [0.3, 0.4) is 0 Å².